The van der Waals surface area contributed by atoms with E-state index in [4.69, 9.17) is 10.8 Å². The molecule has 0 unspecified atom stereocenters. The zero-order valence-corrected chi connectivity index (χ0v) is 8.70. The van der Waals surface area contributed by atoms with Gasteiger partial charge in [-0.3, -0.25) is 9.59 Å². The maximum Gasteiger partial charge on any atom is 0.390 e. The highest BCUT2D eigenvalue weighted by molar-refractivity contribution is 5.91. The van der Waals surface area contributed by atoms with Gasteiger partial charge < -0.3 is 21.0 Å². The number of nitrogens with zero attached hydrogens (tertiary/aromatic N) is 3. The molecule has 0 saturated carbocycles. The topological polar surface area (TPSA) is 141 Å². The summed E-state index contributed by atoms with van der Waals surface area (Å²) in [5.74, 6) is -2.33. The molecule has 0 radical (unpaired) electrons. The summed E-state index contributed by atoms with van der Waals surface area (Å²) in [6, 6.07) is 0.961. The van der Waals surface area contributed by atoms with Gasteiger partial charge in [0.2, 0.25) is 0 Å². The van der Waals surface area contributed by atoms with Gasteiger partial charge in [-0.1, -0.05) is 0 Å². The molecule has 3 N–H and O–H groups in total. The highest BCUT2D eigenvalue weighted by Gasteiger charge is 2.21. The lowest BCUT2D eigenvalue weighted by atomic mass is 10.3. The van der Waals surface area contributed by atoms with Crippen molar-refractivity contribution < 1.29 is 19.6 Å². The Morgan fingerprint density at radius 2 is 2.24 bits per heavy atom. The number of hydrogen-bond acceptors (Lipinski definition) is 5. The number of nitrogens with two attached hydrogens (primary N) is 1. The van der Waals surface area contributed by atoms with E-state index in [1.807, 2.05) is 0 Å². The Kier molecular flexibility index (Phi) is 3.75. The van der Waals surface area contributed by atoms with E-state index in [2.05, 4.69) is 5.10 Å². The fraction of sp³-hybridized carbons (Fsp3) is 0.375. The average Bonchev–Trinajstić information content (AvgIpc) is 2.61. The van der Waals surface area contributed by atoms with Crippen LogP contribution >= 0.6 is 0 Å². The molecule has 92 valence electrons. The number of hydrogen-bond donors (Lipinski definition) is 2. The summed E-state index contributed by atoms with van der Waals surface area (Å²) >= 11 is 0. The predicted octanol–water partition coefficient (Wildman–Crippen LogP) is -0.245. The number of aryl methyl sites for hydroxylation is 1. The first-order chi connectivity index (χ1) is 7.91. The number of aromatic nitrogens is 2. The van der Waals surface area contributed by atoms with Crippen LogP contribution in [0.3, 0.4) is 0 Å². The summed E-state index contributed by atoms with van der Waals surface area (Å²) in [6.07, 6.45) is 0.0836. The Morgan fingerprint density at radius 1 is 1.59 bits per heavy atom. The number of nitro groups is 1. The quantitative estimate of drug-likeness (QED) is 0.520. The van der Waals surface area contributed by atoms with E-state index in [1.165, 1.54) is 0 Å². The Bertz CT molecular complexity index is 466. The van der Waals surface area contributed by atoms with Gasteiger partial charge in [0.25, 0.3) is 5.91 Å². The van der Waals surface area contributed by atoms with E-state index in [-0.39, 0.29) is 25.1 Å². The van der Waals surface area contributed by atoms with Crippen LogP contribution in [0.2, 0.25) is 0 Å². The summed E-state index contributed by atoms with van der Waals surface area (Å²) in [4.78, 5) is 31.0. The number of carbonyl (C=O) groups is 2. The van der Waals surface area contributed by atoms with Gasteiger partial charge in [-0.2, -0.15) is 4.68 Å². The van der Waals surface area contributed by atoms with Crippen molar-refractivity contribution in [2.75, 3.05) is 0 Å². The van der Waals surface area contributed by atoms with E-state index in [9.17, 15) is 19.7 Å². The Morgan fingerprint density at radius 3 is 2.71 bits per heavy atom. The van der Waals surface area contributed by atoms with Crippen LogP contribution in [-0.4, -0.2) is 31.7 Å². The number of carboxylic acids is 1. The maximum absolute atomic E-state index is 11.0. The van der Waals surface area contributed by atoms with Crippen LogP contribution < -0.4 is 5.73 Å². The first kappa shape index (κ1) is 12.6. The molecule has 9 nitrogen and oxygen atoms in total. The molecule has 0 saturated heterocycles. The number of carbonyl (C=O) groups excluding carboxylic acids is 1. The van der Waals surface area contributed by atoms with Gasteiger partial charge >= 0.3 is 11.8 Å². The molecular formula is C8H10N4O5. The minimum absolute atomic E-state index is 0.0818. The lowest BCUT2D eigenvalue weighted by Gasteiger charge is -1.98. The Hall–Kier alpha value is -2.45. The zero-order valence-electron chi connectivity index (χ0n) is 8.70. The minimum Gasteiger partial charge on any atom is -0.481 e. The second-order valence-corrected chi connectivity index (χ2v) is 3.23. The lowest BCUT2D eigenvalue weighted by Crippen LogP contribution is -2.18. The maximum atomic E-state index is 11.0. The van der Waals surface area contributed by atoms with Crippen molar-refractivity contribution in [3.63, 3.8) is 0 Å². The number of aliphatic carboxylic acids is 1. The highest BCUT2D eigenvalue weighted by Crippen LogP contribution is 2.12. The molecule has 0 aliphatic carbocycles. The average molecular weight is 242 g/mol. The summed E-state index contributed by atoms with van der Waals surface area (Å²) < 4.78 is 1.05. The standard InChI is InChI=1S/C8H10N4O5/c9-8(15)5-4-6(12(16)17)10-11(5)3-1-2-7(13)14/h4H,1-3H2,(H2,9,15)(H,13,14). The molecule has 1 aromatic rings. The molecule has 0 atom stereocenters. The van der Waals surface area contributed by atoms with Gasteiger partial charge in [0.1, 0.15) is 0 Å². The molecule has 0 aliphatic rings. The van der Waals surface area contributed by atoms with Crippen LogP contribution in [0.25, 0.3) is 0 Å². The molecular weight excluding hydrogens is 232 g/mol. The minimum atomic E-state index is -0.993. The van der Waals surface area contributed by atoms with Gasteiger partial charge in [-0.15, -0.1) is 0 Å². The molecule has 1 rings (SSSR count). The first-order valence-electron chi connectivity index (χ1n) is 4.65. The molecule has 0 aliphatic heterocycles. The predicted molar refractivity (Wildman–Crippen MR) is 54.3 cm³/mol. The molecule has 0 bridgehead atoms. The van der Waals surface area contributed by atoms with Crippen LogP contribution in [0.15, 0.2) is 6.07 Å². The van der Waals surface area contributed by atoms with Crippen LogP contribution in [0.4, 0.5) is 5.82 Å². The third-order valence-electron chi connectivity index (χ3n) is 1.97. The van der Waals surface area contributed by atoms with E-state index in [0.717, 1.165) is 10.7 Å². The van der Waals surface area contributed by atoms with Gasteiger partial charge in [0.05, 0.1) is 17.7 Å². The van der Waals surface area contributed by atoms with Crippen molar-refractivity contribution >= 4 is 17.7 Å². The fourth-order valence-corrected chi connectivity index (χ4v) is 1.24. The molecule has 17 heavy (non-hydrogen) atoms. The molecule has 1 heterocycles. The third kappa shape index (κ3) is 3.26. The molecule has 0 spiro atoms. The number of primary amides is 1. The first-order valence-corrected chi connectivity index (χ1v) is 4.65. The highest BCUT2D eigenvalue weighted by atomic mass is 16.6. The van der Waals surface area contributed by atoms with Gasteiger partial charge in [-0.25, -0.2) is 0 Å². The van der Waals surface area contributed by atoms with E-state index >= 15 is 0 Å². The van der Waals surface area contributed by atoms with Gasteiger partial charge in [0.15, 0.2) is 5.69 Å². The number of rotatable bonds is 6. The van der Waals surface area contributed by atoms with E-state index in [1.54, 1.807) is 0 Å². The number of carboxylic acid groups (broad SMARTS) is 1. The zero-order chi connectivity index (χ0) is 13.0. The summed E-state index contributed by atoms with van der Waals surface area (Å²) in [7, 11) is 0. The molecule has 0 aromatic carbocycles. The van der Waals surface area contributed by atoms with Crippen LogP contribution in [-0.2, 0) is 11.3 Å². The van der Waals surface area contributed by atoms with Crippen molar-refractivity contribution in [2.24, 2.45) is 5.73 Å². The van der Waals surface area contributed by atoms with Crippen molar-refractivity contribution in [2.45, 2.75) is 19.4 Å². The summed E-state index contributed by atoms with van der Waals surface area (Å²) in [6.45, 7) is 0.0818. The van der Waals surface area contributed by atoms with Crippen LogP contribution in [0, 0.1) is 10.1 Å². The van der Waals surface area contributed by atoms with Crippen molar-refractivity contribution in [3.05, 3.63) is 21.9 Å². The van der Waals surface area contributed by atoms with E-state index in [0.29, 0.717) is 0 Å². The Balaban J connectivity index is 2.85. The molecule has 9 heteroatoms. The normalized spacial score (nSPS) is 10.1. The molecule has 1 amide bonds. The summed E-state index contributed by atoms with van der Waals surface area (Å²) in [5, 5.41) is 22.4. The fourth-order valence-electron chi connectivity index (χ4n) is 1.24. The summed E-state index contributed by atoms with van der Waals surface area (Å²) in [5.41, 5.74) is 4.91. The van der Waals surface area contributed by atoms with Crippen molar-refractivity contribution in [3.8, 4) is 0 Å². The monoisotopic (exact) mass is 242 g/mol. The Labute approximate surface area is 95.0 Å². The van der Waals surface area contributed by atoms with Crippen LogP contribution in [0.5, 0.6) is 0 Å². The smallest absolute Gasteiger partial charge is 0.390 e. The lowest BCUT2D eigenvalue weighted by molar-refractivity contribution is -0.389. The second-order valence-electron chi connectivity index (χ2n) is 3.23. The van der Waals surface area contributed by atoms with Crippen molar-refractivity contribution in [1.29, 1.82) is 0 Å². The molecule has 0 fully saturated rings. The van der Waals surface area contributed by atoms with Crippen molar-refractivity contribution in [1.82, 2.24) is 9.78 Å². The largest absolute Gasteiger partial charge is 0.481 e. The second kappa shape index (κ2) is 5.05. The third-order valence-corrected chi connectivity index (χ3v) is 1.97. The van der Waals surface area contributed by atoms with Gasteiger partial charge in [-0.05, 0) is 11.3 Å². The van der Waals surface area contributed by atoms with E-state index < -0.39 is 22.6 Å². The molecule has 1 aromatic heterocycles. The van der Waals surface area contributed by atoms with Crippen LogP contribution in [0.1, 0.15) is 23.3 Å². The number of amides is 1. The SMILES string of the molecule is NC(=O)c1cc([N+](=O)[O-])nn1CCCC(=O)O. The van der Waals surface area contributed by atoms with Gasteiger partial charge in [0, 0.05) is 6.42 Å².